The minimum absolute atomic E-state index is 0.0284. The number of rotatable bonds is 1. The monoisotopic (exact) mass is 245 g/mol. The number of para-hydroxylation sites is 1. The molecule has 1 aliphatic rings. The lowest BCUT2D eigenvalue weighted by Crippen LogP contribution is -2.24. The van der Waals surface area contributed by atoms with E-state index in [4.69, 9.17) is 0 Å². The molecule has 4 N–H and O–H groups in total. The van der Waals surface area contributed by atoms with E-state index in [1.165, 1.54) is 0 Å². The van der Waals surface area contributed by atoms with Crippen molar-refractivity contribution < 1.29 is 9.90 Å². The minimum atomic E-state index is -0.0284. The summed E-state index contributed by atoms with van der Waals surface area (Å²) in [6, 6.07) is 7.34. The predicted octanol–water partition coefficient (Wildman–Crippen LogP) is 1.02. The van der Waals surface area contributed by atoms with E-state index in [1.807, 2.05) is 18.2 Å². The van der Waals surface area contributed by atoms with Gasteiger partial charge in [-0.25, -0.2) is 0 Å². The number of phenolic OH excluding ortho intramolecular Hbond substituents is 1. The van der Waals surface area contributed by atoms with E-state index in [0.717, 1.165) is 23.1 Å². The lowest BCUT2D eigenvalue weighted by atomic mass is 10.1. The van der Waals surface area contributed by atoms with Crippen LogP contribution in [0.1, 0.15) is 18.2 Å². The van der Waals surface area contributed by atoms with Crippen molar-refractivity contribution in [2.45, 2.75) is 12.5 Å². The largest absolute Gasteiger partial charge is 0.506 e. The number of fused-ring (bicyclic) bond motifs is 1. The third-order valence-corrected chi connectivity index (χ3v) is 3.26. The Morgan fingerprint density at radius 1 is 1.28 bits per heavy atom. The van der Waals surface area contributed by atoms with E-state index in [0.29, 0.717) is 13.0 Å². The number of carbonyl (C=O) groups excluding carboxylic acids is 1. The van der Waals surface area contributed by atoms with Crippen molar-refractivity contribution in [2.24, 2.45) is 0 Å². The molecule has 3 rings (SSSR count). The van der Waals surface area contributed by atoms with E-state index >= 15 is 0 Å². The van der Waals surface area contributed by atoms with E-state index in [2.05, 4.69) is 15.6 Å². The molecule has 1 unspecified atom stereocenters. The van der Waals surface area contributed by atoms with Gasteiger partial charge in [0.15, 0.2) is 0 Å². The standard InChI is InChI=1S/C13H15N3O2/c17-11-3-1-2-8-6-10(16-13(8)11)9-7-12(18)15-5-4-14-9/h1-3,6,9,14,16-17H,4-5,7H2,(H,15,18). The van der Waals surface area contributed by atoms with Gasteiger partial charge < -0.3 is 20.7 Å². The number of aromatic hydroxyl groups is 1. The predicted molar refractivity (Wildman–Crippen MR) is 68.3 cm³/mol. The summed E-state index contributed by atoms with van der Waals surface area (Å²) in [4.78, 5) is 14.7. The molecule has 0 aliphatic carbocycles. The van der Waals surface area contributed by atoms with Gasteiger partial charge in [0.1, 0.15) is 5.75 Å². The Kier molecular flexibility index (Phi) is 2.68. The third-order valence-electron chi connectivity index (χ3n) is 3.26. The fourth-order valence-corrected chi connectivity index (χ4v) is 2.35. The lowest BCUT2D eigenvalue weighted by molar-refractivity contribution is -0.121. The van der Waals surface area contributed by atoms with Crippen LogP contribution in [-0.4, -0.2) is 29.1 Å². The summed E-state index contributed by atoms with van der Waals surface area (Å²) < 4.78 is 0. The van der Waals surface area contributed by atoms with Gasteiger partial charge in [-0.15, -0.1) is 0 Å². The molecular formula is C13H15N3O2. The van der Waals surface area contributed by atoms with Crippen molar-refractivity contribution in [1.82, 2.24) is 15.6 Å². The molecule has 1 aliphatic heterocycles. The molecule has 5 heteroatoms. The fraction of sp³-hybridized carbons (Fsp3) is 0.308. The lowest BCUT2D eigenvalue weighted by Gasteiger charge is -2.12. The zero-order valence-electron chi connectivity index (χ0n) is 9.86. The first kappa shape index (κ1) is 11.1. The molecule has 2 heterocycles. The topological polar surface area (TPSA) is 77.1 Å². The maximum atomic E-state index is 11.5. The smallest absolute Gasteiger partial charge is 0.222 e. The summed E-state index contributed by atoms with van der Waals surface area (Å²) in [6.07, 6.45) is 0.410. The number of hydrogen-bond acceptors (Lipinski definition) is 3. The molecular weight excluding hydrogens is 230 g/mol. The van der Waals surface area contributed by atoms with Gasteiger partial charge in [0.25, 0.3) is 0 Å². The average molecular weight is 245 g/mol. The number of phenols is 1. The number of nitrogens with one attached hydrogen (secondary N) is 3. The van der Waals surface area contributed by atoms with Crippen LogP contribution in [0, 0.1) is 0 Å². The van der Waals surface area contributed by atoms with Crippen molar-refractivity contribution in [1.29, 1.82) is 0 Å². The maximum Gasteiger partial charge on any atom is 0.222 e. The molecule has 1 aromatic carbocycles. The van der Waals surface area contributed by atoms with E-state index in [-0.39, 0.29) is 17.7 Å². The number of hydrogen-bond donors (Lipinski definition) is 4. The minimum Gasteiger partial charge on any atom is -0.506 e. The molecule has 1 amide bonds. The van der Waals surface area contributed by atoms with Gasteiger partial charge in [0.05, 0.1) is 11.6 Å². The maximum absolute atomic E-state index is 11.5. The van der Waals surface area contributed by atoms with E-state index < -0.39 is 0 Å². The number of aromatic amines is 1. The summed E-state index contributed by atoms with van der Waals surface area (Å²) in [5.41, 5.74) is 1.66. The molecule has 0 bridgehead atoms. The van der Waals surface area contributed by atoms with Crippen LogP contribution in [0.4, 0.5) is 0 Å². The van der Waals surface area contributed by atoms with Gasteiger partial charge in [-0.1, -0.05) is 12.1 Å². The van der Waals surface area contributed by atoms with Crippen molar-refractivity contribution >= 4 is 16.8 Å². The van der Waals surface area contributed by atoms with Gasteiger partial charge >= 0.3 is 0 Å². The summed E-state index contributed by atoms with van der Waals surface area (Å²) >= 11 is 0. The first-order chi connectivity index (χ1) is 8.74. The Hall–Kier alpha value is -2.01. The first-order valence-electron chi connectivity index (χ1n) is 6.05. The van der Waals surface area contributed by atoms with Gasteiger partial charge in [-0.3, -0.25) is 4.79 Å². The Morgan fingerprint density at radius 3 is 3.00 bits per heavy atom. The zero-order valence-corrected chi connectivity index (χ0v) is 9.86. The van der Waals surface area contributed by atoms with Crippen LogP contribution in [0.3, 0.4) is 0 Å². The highest BCUT2D eigenvalue weighted by Gasteiger charge is 2.20. The van der Waals surface area contributed by atoms with Crippen molar-refractivity contribution in [3.8, 4) is 5.75 Å². The highest BCUT2D eigenvalue weighted by Crippen LogP contribution is 2.28. The molecule has 1 fully saturated rings. The SMILES string of the molecule is O=C1CC(c2cc3cccc(O)c3[nH]2)NCCN1. The molecule has 0 saturated carbocycles. The number of aromatic nitrogens is 1. The highest BCUT2D eigenvalue weighted by molar-refractivity contribution is 5.86. The van der Waals surface area contributed by atoms with Crippen LogP contribution < -0.4 is 10.6 Å². The second-order valence-electron chi connectivity index (χ2n) is 4.53. The molecule has 1 saturated heterocycles. The van der Waals surface area contributed by atoms with E-state index in [9.17, 15) is 9.90 Å². The average Bonchev–Trinajstić information content (AvgIpc) is 2.67. The second kappa shape index (κ2) is 4.34. The van der Waals surface area contributed by atoms with Gasteiger partial charge in [0, 0.05) is 30.6 Å². The summed E-state index contributed by atoms with van der Waals surface area (Å²) in [7, 11) is 0. The molecule has 1 atom stereocenters. The molecule has 2 aromatic rings. The summed E-state index contributed by atoms with van der Waals surface area (Å²) in [6.45, 7) is 1.40. The van der Waals surface area contributed by atoms with Crippen molar-refractivity contribution in [3.63, 3.8) is 0 Å². The van der Waals surface area contributed by atoms with Crippen molar-refractivity contribution in [2.75, 3.05) is 13.1 Å². The van der Waals surface area contributed by atoms with Crippen molar-refractivity contribution in [3.05, 3.63) is 30.0 Å². The Bertz CT molecular complexity index is 591. The number of H-pyrrole nitrogens is 1. The number of amides is 1. The number of benzene rings is 1. The normalized spacial score (nSPS) is 20.7. The molecule has 1 aromatic heterocycles. The Balaban J connectivity index is 1.98. The third kappa shape index (κ3) is 1.93. The van der Waals surface area contributed by atoms with Crippen LogP contribution in [0.2, 0.25) is 0 Å². The Labute approximate surface area is 104 Å². The summed E-state index contributed by atoms with van der Waals surface area (Å²) in [5, 5.41) is 16.9. The molecule has 0 radical (unpaired) electrons. The number of carbonyl (C=O) groups is 1. The molecule has 94 valence electrons. The van der Waals surface area contributed by atoms with Gasteiger partial charge in [-0.2, -0.15) is 0 Å². The Morgan fingerprint density at radius 2 is 2.17 bits per heavy atom. The van der Waals surface area contributed by atoms with Gasteiger partial charge in [-0.05, 0) is 12.1 Å². The van der Waals surface area contributed by atoms with Crippen LogP contribution in [0.5, 0.6) is 5.75 Å². The second-order valence-corrected chi connectivity index (χ2v) is 4.53. The highest BCUT2D eigenvalue weighted by atomic mass is 16.3. The molecule has 18 heavy (non-hydrogen) atoms. The fourth-order valence-electron chi connectivity index (χ4n) is 2.35. The quantitative estimate of drug-likeness (QED) is 0.606. The van der Waals surface area contributed by atoms with Crippen LogP contribution in [-0.2, 0) is 4.79 Å². The summed E-state index contributed by atoms with van der Waals surface area (Å²) in [5.74, 6) is 0.282. The van der Waals surface area contributed by atoms with Crippen LogP contribution >= 0.6 is 0 Å². The van der Waals surface area contributed by atoms with Gasteiger partial charge in [0.2, 0.25) is 5.91 Å². The molecule has 5 nitrogen and oxygen atoms in total. The van der Waals surface area contributed by atoms with Crippen LogP contribution in [0.15, 0.2) is 24.3 Å². The van der Waals surface area contributed by atoms with Crippen LogP contribution in [0.25, 0.3) is 10.9 Å². The first-order valence-corrected chi connectivity index (χ1v) is 6.05. The molecule has 0 spiro atoms. The van der Waals surface area contributed by atoms with E-state index in [1.54, 1.807) is 6.07 Å². The zero-order chi connectivity index (χ0) is 12.5.